The van der Waals surface area contributed by atoms with Gasteiger partial charge in [0.2, 0.25) is 11.9 Å². The summed E-state index contributed by atoms with van der Waals surface area (Å²) in [5, 5.41) is 8.97. The van der Waals surface area contributed by atoms with Crippen molar-refractivity contribution in [2.45, 2.75) is 26.8 Å². The molecular formula is C29H38ClN7O2S. The Balaban J connectivity index is 1.65. The lowest BCUT2D eigenvalue weighted by Gasteiger charge is -2.29. The molecule has 0 fully saturated rings. The largest absolute Gasteiger partial charge is 0.494 e. The summed E-state index contributed by atoms with van der Waals surface area (Å²) in [5.41, 5.74) is 3.43. The molecule has 0 saturated heterocycles. The predicted octanol–water partition coefficient (Wildman–Crippen LogP) is 5.65. The molecule has 3 heterocycles. The maximum atomic E-state index is 12.8. The van der Waals surface area contributed by atoms with Crippen LogP contribution in [-0.2, 0) is 17.8 Å². The van der Waals surface area contributed by atoms with E-state index in [4.69, 9.17) is 21.3 Å². The second kappa shape index (κ2) is 13.3. The van der Waals surface area contributed by atoms with Crippen LogP contribution in [0.4, 0.5) is 28.8 Å². The maximum absolute atomic E-state index is 12.8. The van der Waals surface area contributed by atoms with E-state index < -0.39 is 0 Å². The standard InChI is InChI=1S/C29H38ClN7O2S/c1-19(2)7-8-27(38)32-22-15-23(25(39-6)16-24(22)36(5)13-12-35(3)4)33-29-31-17-21(30)28(34-29)37-11-9-26-20(18-37)10-14-40-26/h7-8,10,14-17,19H,9,11-13,18H2,1-6H3,(H,32,38)(H,31,33,34). The molecule has 0 aliphatic carbocycles. The van der Waals surface area contributed by atoms with Crippen LogP contribution in [0.3, 0.4) is 0 Å². The number of methoxy groups -OCH3 is 1. The van der Waals surface area contributed by atoms with Gasteiger partial charge in [-0.05, 0) is 55.6 Å². The molecule has 4 rings (SSSR count). The molecule has 2 aromatic heterocycles. The zero-order chi connectivity index (χ0) is 28.8. The molecule has 1 aliphatic heterocycles. The molecule has 0 saturated carbocycles. The van der Waals surface area contributed by atoms with Crippen molar-refractivity contribution in [3.63, 3.8) is 0 Å². The molecule has 214 valence electrons. The Morgan fingerprint density at radius 2 is 2.05 bits per heavy atom. The monoisotopic (exact) mass is 583 g/mol. The first-order valence-electron chi connectivity index (χ1n) is 13.3. The van der Waals surface area contributed by atoms with Crippen LogP contribution < -0.4 is 25.2 Å². The number of halogens is 1. The van der Waals surface area contributed by atoms with Gasteiger partial charge in [0.05, 0.1) is 30.4 Å². The van der Waals surface area contributed by atoms with E-state index in [1.807, 2.05) is 53.2 Å². The number of hydrogen-bond acceptors (Lipinski definition) is 9. The lowest BCUT2D eigenvalue weighted by Crippen LogP contribution is -2.30. The van der Waals surface area contributed by atoms with E-state index in [2.05, 4.69) is 41.8 Å². The Morgan fingerprint density at radius 3 is 2.77 bits per heavy atom. The lowest BCUT2D eigenvalue weighted by atomic mass is 10.1. The summed E-state index contributed by atoms with van der Waals surface area (Å²) in [4.78, 5) is 29.8. The summed E-state index contributed by atoms with van der Waals surface area (Å²) in [7, 11) is 7.68. The average Bonchev–Trinajstić information content (AvgIpc) is 3.40. The number of likely N-dealkylation sites (N-methyl/N-ethyl adjacent to an activating group) is 2. The van der Waals surface area contributed by atoms with Crippen molar-refractivity contribution in [1.29, 1.82) is 0 Å². The number of carbonyl (C=O) groups excluding carboxylic acids is 1. The van der Waals surface area contributed by atoms with Crippen LogP contribution in [0.5, 0.6) is 5.75 Å². The fourth-order valence-electron chi connectivity index (χ4n) is 4.37. The van der Waals surface area contributed by atoms with Crippen LogP contribution in [0, 0.1) is 5.92 Å². The van der Waals surface area contributed by atoms with E-state index in [9.17, 15) is 4.79 Å². The molecule has 1 aliphatic rings. The summed E-state index contributed by atoms with van der Waals surface area (Å²) >= 11 is 8.35. The van der Waals surface area contributed by atoms with Crippen LogP contribution >= 0.6 is 22.9 Å². The van der Waals surface area contributed by atoms with Gasteiger partial charge >= 0.3 is 0 Å². The molecule has 9 nitrogen and oxygen atoms in total. The molecule has 2 N–H and O–H groups in total. The van der Waals surface area contributed by atoms with Crippen molar-refractivity contribution in [3.8, 4) is 5.75 Å². The van der Waals surface area contributed by atoms with Crippen molar-refractivity contribution in [2.24, 2.45) is 5.92 Å². The Labute approximate surface area is 245 Å². The van der Waals surface area contributed by atoms with Crippen molar-refractivity contribution in [2.75, 3.05) is 68.3 Å². The Kier molecular flexibility index (Phi) is 9.89. The third-order valence-corrected chi connectivity index (χ3v) is 7.87. The highest BCUT2D eigenvalue weighted by Gasteiger charge is 2.22. The van der Waals surface area contributed by atoms with Gasteiger partial charge < -0.3 is 30.1 Å². The maximum Gasteiger partial charge on any atom is 0.248 e. The lowest BCUT2D eigenvalue weighted by molar-refractivity contribution is -0.111. The number of allylic oxidation sites excluding steroid dienone is 1. The number of aromatic nitrogens is 2. The van der Waals surface area contributed by atoms with Gasteiger partial charge in [-0.15, -0.1) is 11.3 Å². The van der Waals surface area contributed by atoms with E-state index in [1.54, 1.807) is 30.7 Å². The molecular weight excluding hydrogens is 546 g/mol. The number of amides is 1. The Hall–Kier alpha value is -3.34. The molecule has 3 aromatic rings. The fraction of sp³-hybridized carbons (Fsp3) is 0.414. The summed E-state index contributed by atoms with van der Waals surface area (Å²) in [6.45, 7) is 7.27. The van der Waals surface area contributed by atoms with E-state index in [0.717, 1.165) is 38.3 Å². The average molecular weight is 584 g/mol. The van der Waals surface area contributed by atoms with Crippen molar-refractivity contribution in [3.05, 3.63) is 57.4 Å². The summed E-state index contributed by atoms with van der Waals surface area (Å²) in [6, 6.07) is 5.94. The highest BCUT2D eigenvalue weighted by molar-refractivity contribution is 7.10. The van der Waals surface area contributed by atoms with Crippen molar-refractivity contribution >= 4 is 57.7 Å². The van der Waals surface area contributed by atoms with Gasteiger partial charge in [0.1, 0.15) is 10.8 Å². The second-order valence-corrected chi connectivity index (χ2v) is 11.8. The number of benzene rings is 1. The number of nitrogens with one attached hydrogen (secondary N) is 2. The summed E-state index contributed by atoms with van der Waals surface area (Å²) < 4.78 is 5.76. The molecule has 0 atom stereocenters. The van der Waals surface area contributed by atoms with Crippen molar-refractivity contribution in [1.82, 2.24) is 14.9 Å². The first kappa shape index (κ1) is 29.6. The van der Waals surface area contributed by atoms with E-state index in [-0.39, 0.29) is 11.8 Å². The molecule has 1 aromatic carbocycles. The van der Waals surface area contributed by atoms with Crippen LogP contribution in [-0.4, -0.2) is 68.7 Å². The van der Waals surface area contributed by atoms with Gasteiger partial charge in [0.15, 0.2) is 5.82 Å². The molecule has 11 heteroatoms. The van der Waals surface area contributed by atoms with E-state index in [1.165, 1.54) is 10.4 Å². The number of nitrogens with zero attached hydrogens (tertiary/aromatic N) is 5. The highest BCUT2D eigenvalue weighted by atomic mass is 35.5. The number of thiophene rings is 1. The van der Waals surface area contributed by atoms with Gasteiger partial charge in [-0.2, -0.15) is 4.98 Å². The predicted molar refractivity (Wildman–Crippen MR) is 167 cm³/mol. The van der Waals surface area contributed by atoms with Gasteiger partial charge in [0, 0.05) is 44.2 Å². The molecule has 0 spiro atoms. The van der Waals surface area contributed by atoms with Crippen LogP contribution in [0.1, 0.15) is 24.3 Å². The van der Waals surface area contributed by atoms with Gasteiger partial charge in [-0.1, -0.05) is 31.5 Å². The number of fused-ring (bicyclic) bond motifs is 1. The Morgan fingerprint density at radius 1 is 1.25 bits per heavy atom. The number of carbonyl (C=O) groups is 1. The summed E-state index contributed by atoms with van der Waals surface area (Å²) in [6.07, 6.45) is 6.01. The number of anilines is 5. The first-order chi connectivity index (χ1) is 19.1. The highest BCUT2D eigenvalue weighted by Crippen LogP contribution is 2.38. The topological polar surface area (TPSA) is 85.9 Å². The van der Waals surface area contributed by atoms with Gasteiger partial charge in [0.25, 0.3) is 0 Å². The molecule has 40 heavy (non-hydrogen) atoms. The number of rotatable bonds is 11. The number of ether oxygens (including phenoxy) is 1. The zero-order valence-electron chi connectivity index (χ0n) is 24.0. The molecule has 0 radical (unpaired) electrons. The fourth-order valence-corrected chi connectivity index (χ4v) is 5.47. The smallest absolute Gasteiger partial charge is 0.248 e. The van der Waals surface area contributed by atoms with Crippen LogP contribution in [0.25, 0.3) is 0 Å². The normalized spacial score (nSPS) is 13.2. The first-order valence-corrected chi connectivity index (χ1v) is 14.6. The SMILES string of the molecule is COc1cc(N(C)CCN(C)C)c(NC(=O)C=CC(C)C)cc1Nc1ncc(Cl)c(N2CCc3sccc3C2)n1. The van der Waals surface area contributed by atoms with Crippen LogP contribution in [0.2, 0.25) is 5.02 Å². The molecule has 0 unspecified atom stereocenters. The minimum absolute atomic E-state index is 0.199. The van der Waals surface area contributed by atoms with Crippen molar-refractivity contribution < 1.29 is 9.53 Å². The van der Waals surface area contributed by atoms with E-state index >= 15 is 0 Å². The Bertz CT molecular complexity index is 1360. The van der Waals surface area contributed by atoms with E-state index in [0.29, 0.717) is 33.9 Å². The molecule has 1 amide bonds. The molecule has 0 bridgehead atoms. The minimum Gasteiger partial charge on any atom is -0.494 e. The number of hydrogen-bond donors (Lipinski definition) is 2. The van der Waals surface area contributed by atoms with Crippen LogP contribution in [0.15, 0.2) is 41.9 Å². The van der Waals surface area contributed by atoms with Gasteiger partial charge in [-0.3, -0.25) is 4.79 Å². The zero-order valence-corrected chi connectivity index (χ0v) is 25.6. The third-order valence-electron chi connectivity index (χ3n) is 6.58. The second-order valence-electron chi connectivity index (χ2n) is 10.4. The summed E-state index contributed by atoms with van der Waals surface area (Å²) in [5.74, 6) is 1.74. The third kappa shape index (κ3) is 7.44. The quantitative estimate of drug-likeness (QED) is 0.280. The minimum atomic E-state index is -0.199. The van der Waals surface area contributed by atoms with Gasteiger partial charge in [-0.25, -0.2) is 4.98 Å².